The summed E-state index contributed by atoms with van der Waals surface area (Å²) in [6.45, 7) is 0. The Morgan fingerprint density at radius 1 is 1.33 bits per heavy atom. The summed E-state index contributed by atoms with van der Waals surface area (Å²) in [4.78, 5) is 11.2. The van der Waals surface area contributed by atoms with E-state index in [-0.39, 0.29) is 11.7 Å². The molecule has 1 aromatic carbocycles. The lowest BCUT2D eigenvalue weighted by Gasteiger charge is -2.19. The zero-order valence-corrected chi connectivity index (χ0v) is 8.47. The number of para-hydroxylation sites is 1. The Balaban J connectivity index is 2.37. The first kappa shape index (κ1) is 9.71. The van der Waals surface area contributed by atoms with Crippen molar-refractivity contribution in [3.63, 3.8) is 0 Å². The van der Waals surface area contributed by atoms with Crippen LogP contribution in [0, 0.1) is 0 Å². The minimum absolute atomic E-state index is 0.00849. The minimum atomic E-state index is 0.00849. The van der Waals surface area contributed by atoms with Gasteiger partial charge in [0.15, 0.2) is 0 Å². The average molecular weight is 204 g/mol. The maximum absolute atomic E-state index is 11.2. The molecular weight excluding hydrogens is 192 g/mol. The number of carbonyl (C=O) groups excluding carboxylic acids is 1. The number of amides is 1. The van der Waals surface area contributed by atoms with Crippen molar-refractivity contribution in [2.75, 3.05) is 7.05 Å². The lowest BCUT2D eigenvalue weighted by molar-refractivity contribution is -0.130. The molecule has 0 aromatic heterocycles. The molecule has 0 bridgehead atoms. The number of hydrogen-bond acceptors (Lipinski definition) is 3. The van der Waals surface area contributed by atoms with Gasteiger partial charge in [-0.25, -0.2) is 5.01 Å². The van der Waals surface area contributed by atoms with Gasteiger partial charge in [-0.3, -0.25) is 4.79 Å². The Kier molecular flexibility index (Phi) is 2.41. The second-order valence-corrected chi connectivity index (χ2v) is 3.48. The van der Waals surface area contributed by atoms with Gasteiger partial charge in [-0.1, -0.05) is 12.1 Å². The highest BCUT2D eigenvalue weighted by Crippen LogP contribution is 2.21. The molecule has 0 fully saturated rings. The van der Waals surface area contributed by atoms with Crippen LogP contribution >= 0.6 is 0 Å². The zero-order valence-electron chi connectivity index (χ0n) is 8.47. The number of phenols is 1. The van der Waals surface area contributed by atoms with Gasteiger partial charge in [0.25, 0.3) is 0 Å². The molecule has 15 heavy (non-hydrogen) atoms. The van der Waals surface area contributed by atoms with Crippen LogP contribution in [0.5, 0.6) is 5.75 Å². The van der Waals surface area contributed by atoms with E-state index in [9.17, 15) is 9.90 Å². The van der Waals surface area contributed by atoms with Gasteiger partial charge in [-0.2, -0.15) is 5.10 Å². The van der Waals surface area contributed by atoms with Crippen LogP contribution in [-0.4, -0.2) is 28.8 Å². The van der Waals surface area contributed by atoms with Gasteiger partial charge in [0, 0.05) is 25.5 Å². The normalized spacial score (nSPS) is 16.5. The molecule has 1 aromatic rings. The van der Waals surface area contributed by atoms with E-state index < -0.39 is 0 Å². The van der Waals surface area contributed by atoms with E-state index in [1.54, 1.807) is 25.2 Å². The summed E-state index contributed by atoms with van der Waals surface area (Å²) in [7, 11) is 1.63. The van der Waals surface area contributed by atoms with Crippen LogP contribution in [0.2, 0.25) is 0 Å². The molecule has 1 N–H and O–H groups in total. The van der Waals surface area contributed by atoms with Crippen molar-refractivity contribution in [2.45, 2.75) is 12.8 Å². The Morgan fingerprint density at radius 2 is 2.07 bits per heavy atom. The highest BCUT2D eigenvalue weighted by atomic mass is 16.3. The van der Waals surface area contributed by atoms with Crippen LogP contribution in [0.15, 0.2) is 29.4 Å². The summed E-state index contributed by atoms with van der Waals surface area (Å²) < 4.78 is 0. The molecule has 0 unspecified atom stereocenters. The standard InChI is InChI=1S/C11H12N2O2/c1-13-11(15)7-6-9(12-13)8-4-2-3-5-10(8)14/h2-5,14H,6-7H2,1H3. The Labute approximate surface area is 87.8 Å². The molecular formula is C11H12N2O2. The summed E-state index contributed by atoms with van der Waals surface area (Å²) in [6.07, 6.45) is 1.03. The molecule has 1 aliphatic rings. The van der Waals surface area contributed by atoms with Crippen molar-refractivity contribution in [1.29, 1.82) is 0 Å². The molecule has 78 valence electrons. The van der Waals surface area contributed by atoms with Gasteiger partial charge in [-0.15, -0.1) is 0 Å². The van der Waals surface area contributed by atoms with Crippen molar-refractivity contribution < 1.29 is 9.90 Å². The van der Waals surface area contributed by atoms with Gasteiger partial charge in [0.05, 0.1) is 5.71 Å². The van der Waals surface area contributed by atoms with E-state index in [0.29, 0.717) is 18.4 Å². The number of hydrazone groups is 1. The maximum Gasteiger partial charge on any atom is 0.242 e. The van der Waals surface area contributed by atoms with Crippen LogP contribution in [0.25, 0.3) is 0 Å². The second kappa shape index (κ2) is 3.73. The van der Waals surface area contributed by atoms with E-state index >= 15 is 0 Å². The van der Waals surface area contributed by atoms with Crippen molar-refractivity contribution >= 4 is 11.6 Å². The van der Waals surface area contributed by atoms with Crippen molar-refractivity contribution in [3.05, 3.63) is 29.8 Å². The molecule has 0 spiro atoms. The molecule has 0 radical (unpaired) electrons. The predicted molar refractivity (Wildman–Crippen MR) is 56.6 cm³/mol. The lowest BCUT2D eigenvalue weighted by Crippen LogP contribution is -2.28. The summed E-state index contributed by atoms with van der Waals surface area (Å²) in [6, 6.07) is 7.02. The Hall–Kier alpha value is -1.84. The summed E-state index contributed by atoms with van der Waals surface area (Å²) in [5, 5.41) is 15.1. The maximum atomic E-state index is 11.2. The van der Waals surface area contributed by atoms with Crippen LogP contribution in [0.1, 0.15) is 18.4 Å². The zero-order chi connectivity index (χ0) is 10.8. The monoisotopic (exact) mass is 204 g/mol. The number of nitrogens with zero attached hydrogens (tertiary/aromatic N) is 2. The first-order chi connectivity index (χ1) is 7.18. The summed E-state index contributed by atoms with van der Waals surface area (Å²) in [5.74, 6) is 0.216. The highest BCUT2D eigenvalue weighted by Gasteiger charge is 2.19. The van der Waals surface area contributed by atoms with Crippen LogP contribution in [0.3, 0.4) is 0 Å². The number of benzene rings is 1. The quantitative estimate of drug-likeness (QED) is 0.750. The Bertz CT molecular complexity index is 426. The molecule has 0 saturated heterocycles. The fourth-order valence-corrected chi connectivity index (χ4v) is 1.58. The fourth-order valence-electron chi connectivity index (χ4n) is 1.58. The van der Waals surface area contributed by atoms with E-state index in [1.807, 2.05) is 6.07 Å². The third kappa shape index (κ3) is 1.83. The number of aromatic hydroxyl groups is 1. The van der Waals surface area contributed by atoms with Crippen LogP contribution in [-0.2, 0) is 4.79 Å². The molecule has 4 nitrogen and oxygen atoms in total. The first-order valence-electron chi connectivity index (χ1n) is 4.81. The van der Waals surface area contributed by atoms with E-state index in [2.05, 4.69) is 5.10 Å². The van der Waals surface area contributed by atoms with Crippen LogP contribution in [0.4, 0.5) is 0 Å². The van der Waals surface area contributed by atoms with Crippen molar-refractivity contribution in [2.24, 2.45) is 5.10 Å². The third-order valence-electron chi connectivity index (χ3n) is 2.42. The fraction of sp³-hybridized carbons (Fsp3) is 0.273. The first-order valence-corrected chi connectivity index (χ1v) is 4.81. The molecule has 1 amide bonds. The van der Waals surface area contributed by atoms with E-state index in [4.69, 9.17) is 0 Å². The molecule has 0 aliphatic carbocycles. The molecule has 0 atom stereocenters. The molecule has 4 heteroatoms. The van der Waals surface area contributed by atoms with Gasteiger partial charge in [0.2, 0.25) is 5.91 Å². The number of hydrogen-bond donors (Lipinski definition) is 1. The smallest absolute Gasteiger partial charge is 0.242 e. The number of phenolic OH excluding ortho intramolecular Hbond substituents is 1. The number of rotatable bonds is 1. The van der Waals surface area contributed by atoms with Crippen molar-refractivity contribution in [3.8, 4) is 5.75 Å². The van der Waals surface area contributed by atoms with E-state index in [1.165, 1.54) is 5.01 Å². The highest BCUT2D eigenvalue weighted by molar-refractivity contribution is 6.05. The Morgan fingerprint density at radius 3 is 2.73 bits per heavy atom. The summed E-state index contributed by atoms with van der Waals surface area (Å²) >= 11 is 0. The number of carbonyl (C=O) groups is 1. The van der Waals surface area contributed by atoms with Gasteiger partial charge < -0.3 is 5.11 Å². The van der Waals surface area contributed by atoms with Crippen LogP contribution < -0.4 is 0 Å². The molecule has 2 rings (SSSR count). The predicted octanol–water partition coefficient (Wildman–Crippen LogP) is 1.35. The largest absolute Gasteiger partial charge is 0.507 e. The molecule has 1 heterocycles. The van der Waals surface area contributed by atoms with Crippen molar-refractivity contribution in [1.82, 2.24) is 5.01 Å². The molecule has 0 saturated carbocycles. The van der Waals surface area contributed by atoms with Gasteiger partial charge in [-0.05, 0) is 12.1 Å². The third-order valence-corrected chi connectivity index (χ3v) is 2.42. The topological polar surface area (TPSA) is 52.9 Å². The van der Waals surface area contributed by atoms with Gasteiger partial charge in [0.1, 0.15) is 5.75 Å². The van der Waals surface area contributed by atoms with E-state index in [0.717, 1.165) is 5.71 Å². The van der Waals surface area contributed by atoms with Gasteiger partial charge >= 0.3 is 0 Å². The lowest BCUT2D eigenvalue weighted by atomic mass is 10.0. The SMILES string of the molecule is CN1N=C(c2ccccc2O)CCC1=O. The minimum Gasteiger partial charge on any atom is -0.507 e. The molecule has 1 aliphatic heterocycles. The average Bonchev–Trinajstić information content (AvgIpc) is 2.23. The second-order valence-electron chi connectivity index (χ2n) is 3.48. The summed E-state index contributed by atoms with van der Waals surface area (Å²) in [5.41, 5.74) is 1.46.